The molecule has 0 aromatic heterocycles. The lowest BCUT2D eigenvalue weighted by atomic mass is 10.0. The molecule has 1 atom stereocenters. The van der Waals surface area contributed by atoms with Crippen molar-refractivity contribution in [2.24, 2.45) is 0 Å². The summed E-state index contributed by atoms with van der Waals surface area (Å²) in [7, 11) is -2.52. The van der Waals surface area contributed by atoms with Gasteiger partial charge in [-0.1, -0.05) is 87.5 Å². The summed E-state index contributed by atoms with van der Waals surface area (Å²) < 4.78 is 6.96. The fraction of sp³-hybridized carbons (Fsp3) is 0.318. The summed E-state index contributed by atoms with van der Waals surface area (Å²) in [6.07, 6.45) is 4.96. The van der Waals surface area contributed by atoms with E-state index < -0.39 is 8.32 Å². The second kappa shape index (κ2) is 7.10. The highest BCUT2D eigenvalue weighted by molar-refractivity contribution is 6.99. The normalized spacial score (nSPS) is 18.4. The van der Waals surface area contributed by atoms with Gasteiger partial charge >= 0.3 is 0 Å². The van der Waals surface area contributed by atoms with Crippen molar-refractivity contribution in [3.8, 4) is 0 Å². The first kappa shape index (κ1) is 17.8. The highest BCUT2D eigenvalue weighted by atomic mass is 28.4. The van der Waals surface area contributed by atoms with Gasteiger partial charge in [-0.2, -0.15) is 0 Å². The third-order valence-corrected chi connectivity index (χ3v) is 9.98. The minimum Gasteiger partial charge on any atom is -0.401 e. The number of carbonyl (C=O) groups excluding carboxylic acids is 1. The van der Waals surface area contributed by atoms with Gasteiger partial charge in [0.15, 0.2) is 5.78 Å². The Balaban J connectivity index is 2.15. The summed E-state index contributed by atoms with van der Waals surface area (Å²) >= 11 is 0. The number of rotatable bonds is 4. The number of carbonyl (C=O) groups is 1. The minimum atomic E-state index is -2.52. The lowest BCUT2D eigenvalue weighted by Crippen LogP contribution is -2.67. The second-order valence-electron chi connectivity index (χ2n) is 7.68. The maximum Gasteiger partial charge on any atom is 0.261 e. The molecule has 0 spiro atoms. The SMILES string of the molecule is CC(C)(C)[Si](O[C@H]1C=CC(=O)CC1)(c1ccccc1)c1ccccc1. The van der Waals surface area contributed by atoms with Gasteiger partial charge < -0.3 is 4.43 Å². The van der Waals surface area contributed by atoms with Gasteiger partial charge in [-0.25, -0.2) is 0 Å². The molecule has 0 bridgehead atoms. The van der Waals surface area contributed by atoms with Gasteiger partial charge in [0.2, 0.25) is 0 Å². The molecule has 0 saturated heterocycles. The van der Waals surface area contributed by atoms with Gasteiger partial charge in [0.05, 0.1) is 6.10 Å². The lowest BCUT2D eigenvalue weighted by molar-refractivity contribution is -0.115. The van der Waals surface area contributed by atoms with Crippen LogP contribution < -0.4 is 10.4 Å². The molecule has 130 valence electrons. The zero-order chi connectivity index (χ0) is 17.9. The third kappa shape index (κ3) is 3.53. The summed E-state index contributed by atoms with van der Waals surface area (Å²) in [5.41, 5.74) is 0. The van der Waals surface area contributed by atoms with E-state index in [0.717, 1.165) is 6.42 Å². The van der Waals surface area contributed by atoms with Gasteiger partial charge in [0.1, 0.15) is 0 Å². The molecule has 3 rings (SSSR count). The quantitative estimate of drug-likeness (QED) is 0.783. The summed E-state index contributed by atoms with van der Waals surface area (Å²) in [6.45, 7) is 6.82. The molecule has 0 amide bonds. The number of benzene rings is 2. The van der Waals surface area contributed by atoms with Crippen LogP contribution in [0.1, 0.15) is 33.6 Å². The molecule has 1 aliphatic carbocycles. The van der Waals surface area contributed by atoms with Gasteiger partial charge in [-0.15, -0.1) is 0 Å². The fourth-order valence-corrected chi connectivity index (χ4v) is 8.36. The van der Waals surface area contributed by atoms with Crippen LogP contribution in [0, 0.1) is 0 Å². The van der Waals surface area contributed by atoms with Crippen LogP contribution in [0.4, 0.5) is 0 Å². The molecule has 0 unspecified atom stereocenters. The Labute approximate surface area is 151 Å². The Kier molecular flexibility index (Phi) is 5.07. The Hall–Kier alpha value is -1.97. The Bertz CT molecular complexity index is 705. The van der Waals surface area contributed by atoms with Crippen LogP contribution in [0.5, 0.6) is 0 Å². The molecule has 2 nitrogen and oxygen atoms in total. The molecule has 0 radical (unpaired) electrons. The van der Waals surface area contributed by atoms with Crippen LogP contribution in [0.2, 0.25) is 5.04 Å². The van der Waals surface area contributed by atoms with Crippen LogP contribution in [0.25, 0.3) is 0 Å². The van der Waals surface area contributed by atoms with E-state index in [0.29, 0.717) is 6.42 Å². The summed E-state index contributed by atoms with van der Waals surface area (Å²) in [5.74, 6) is 0.197. The second-order valence-corrected chi connectivity index (χ2v) is 11.9. The Morgan fingerprint density at radius 2 is 1.44 bits per heavy atom. The van der Waals surface area contributed by atoms with E-state index in [4.69, 9.17) is 4.43 Å². The molecule has 0 N–H and O–H groups in total. The Morgan fingerprint density at radius 1 is 0.920 bits per heavy atom. The van der Waals surface area contributed by atoms with Crippen molar-refractivity contribution in [2.75, 3.05) is 0 Å². The zero-order valence-corrected chi connectivity index (χ0v) is 16.2. The lowest BCUT2D eigenvalue weighted by Gasteiger charge is -2.45. The molecule has 2 aromatic rings. The van der Waals surface area contributed by atoms with Crippen LogP contribution in [0.3, 0.4) is 0 Å². The number of allylic oxidation sites excluding steroid dienone is 1. The largest absolute Gasteiger partial charge is 0.401 e. The van der Waals surface area contributed by atoms with Crippen LogP contribution in [-0.2, 0) is 9.22 Å². The number of ketones is 1. The monoisotopic (exact) mass is 350 g/mol. The third-order valence-electron chi connectivity index (χ3n) is 4.92. The predicted octanol–water partition coefficient (Wildman–Crippen LogP) is 3.85. The average molecular weight is 351 g/mol. The van der Waals surface area contributed by atoms with E-state index in [1.54, 1.807) is 6.08 Å². The molecule has 0 aliphatic heterocycles. The molecule has 1 aliphatic rings. The summed E-state index contributed by atoms with van der Waals surface area (Å²) in [4.78, 5) is 11.6. The van der Waals surface area contributed by atoms with E-state index in [1.165, 1.54) is 10.4 Å². The van der Waals surface area contributed by atoms with Gasteiger partial charge in [-0.05, 0) is 27.9 Å². The standard InChI is InChI=1S/C22H26O2Si/c1-22(2,3)25(20-10-6-4-7-11-20,21-12-8-5-9-13-21)24-19-16-14-18(23)15-17-19/h4-14,16,19H,15,17H2,1-3H3/t19-/m0/s1. The highest BCUT2D eigenvalue weighted by Crippen LogP contribution is 2.38. The van der Waals surface area contributed by atoms with Crippen molar-refractivity contribution < 1.29 is 9.22 Å². The van der Waals surface area contributed by atoms with Crippen LogP contribution >= 0.6 is 0 Å². The van der Waals surface area contributed by atoms with E-state index in [9.17, 15) is 4.79 Å². The van der Waals surface area contributed by atoms with Crippen molar-refractivity contribution >= 4 is 24.5 Å². The maximum atomic E-state index is 11.6. The molecule has 0 heterocycles. The van der Waals surface area contributed by atoms with Crippen LogP contribution in [0.15, 0.2) is 72.8 Å². The molecule has 25 heavy (non-hydrogen) atoms. The fourth-order valence-electron chi connectivity index (χ4n) is 3.70. The number of hydrogen-bond acceptors (Lipinski definition) is 2. The molecular weight excluding hydrogens is 324 g/mol. The van der Waals surface area contributed by atoms with Gasteiger partial charge in [0.25, 0.3) is 8.32 Å². The predicted molar refractivity (Wildman–Crippen MR) is 106 cm³/mol. The van der Waals surface area contributed by atoms with Crippen molar-refractivity contribution in [2.45, 2.75) is 44.8 Å². The van der Waals surface area contributed by atoms with Crippen molar-refractivity contribution in [3.63, 3.8) is 0 Å². The highest BCUT2D eigenvalue weighted by Gasteiger charge is 2.51. The van der Waals surface area contributed by atoms with Crippen molar-refractivity contribution in [1.82, 2.24) is 0 Å². The van der Waals surface area contributed by atoms with E-state index >= 15 is 0 Å². The molecule has 2 aromatic carbocycles. The van der Waals surface area contributed by atoms with Crippen LogP contribution in [-0.4, -0.2) is 20.2 Å². The van der Waals surface area contributed by atoms with Gasteiger partial charge in [-0.3, -0.25) is 4.79 Å². The minimum absolute atomic E-state index is 0.0102. The maximum absolute atomic E-state index is 11.6. The van der Waals surface area contributed by atoms with E-state index in [-0.39, 0.29) is 16.9 Å². The molecule has 0 fully saturated rings. The zero-order valence-electron chi connectivity index (χ0n) is 15.2. The van der Waals surface area contributed by atoms with Crippen molar-refractivity contribution in [1.29, 1.82) is 0 Å². The smallest absolute Gasteiger partial charge is 0.261 e. The first-order valence-corrected chi connectivity index (χ1v) is 10.8. The topological polar surface area (TPSA) is 26.3 Å². The average Bonchev–Trinajstić information content (AvgIpc) is 2.62. The summed E-state index contributed by atoms with van der Waals surface area (Å²) in [6, 6.07) is 21.3. The molecular formula is C22H26O2Si. The van der Waals surface area contributed by atoms with E-state index in [2.05, 4.69) is 81.4 Å². The molecule has 0 saturated carbocycles. The van der Waals surface area contributed by atoms with E-state index in [1.807, 2.05) is 6.08 Å². The Morgan fingerprint density at radius 3 is 1.84 bits per heavy atom. The first-order valence-electron chi connectivity index (χ1n) is 8.93. The number of hydrogen-bond donors (Lipinski definition) is 0. The van der Waals surface area contributed by atoms with Crippen molar-refractivity contribution in [3.05, 3.63) is 72.8 Å². The molecule has 3 heteroatoms. The van der Waals surface area contributed by atoms with Gasteiger partial charge in [0, 0.05) is 6.42 Å². The summed E-state index contributed by atoms with van der Waals surface area (Å²) in [5, 5.41) is 2.52. The first-order chi connectivity index (χ1) is 11.9.